The first kappa shape index (κ1) is 19.4. The van der Waals surface area contributed by atoms with Gasteiger partial charge in [0.1, 0.15) is 11.3 Å². The molecule has 4 aromatic rings. The number of rotatable bonds is 1. The van der Waals surface area contributed by atoms with Crippen molar-refractivity contribution in [3.8, 4) is 16.9 Å². The Bertz CT molecular complexity index is 1490. The minimum absolute atomic E-state index is 0.0786. The van der Waals surface area contributed by atoms with Gasteiger partial charge in [0.15, 0.2) is 5.56 Å². The van der Waals surface area contributed by atoms with E-state index in [2.05, 4.69) is 0 Å². The maximum absolute atomic E-state index is 12.9. The van der Waals surface area contributed by atoms with Gasteiger partial charge in [0.25, 0.3) is 5.78 Å². The fourth-order valence-corrected chi connectivity index (χ4v) is 4.53. The van der Waals surface area contributed by atoms with Gasteiger partial charge < -0.3 is 9.52 Å². The van der Waals surface area contributed by atoms with Crippen LogP contribution in [-0.4, -0.2) is 17.1 Å². The molecule has 31 heavy (non-hydrogen) atoms. The molecule has 1 N–H and O–H groups in total. The van der Waals surface area contributed by atoms with E-state index < -0.39 is 34.3 Å². The zero-order chi connectivity index (χ0) is 22.3. The second kappa shape index (κ2) is 5.97. The number of hydrogen-bond acceptors (Lipinski definition) is 4. The fraction of sp³-hybridized carbons (Fsp3) is 0.167. The van der Waals surface area contributed by atoms with Crippen LogP contribution in [0.4, 0.5) is 13.2 Å². The molecule has 0 atom stereocenters. The van der Waals surface area contributed by atoms with E-state index in [9.17, 15) is 27.9 Å². The predicted octanol–water partition coefficient (Wildman–Crippen LogP) is 5.70. The van der Waals surface area contributed by atoms with Crippen molar-refractivity contribution in [3.63, 3.8) is 0 Å². The first-order valence-electron chi connectivity index (χ1n) is 9.50. The Kier molecular flexibility index (Phi) is 3.73. The Labute approximate surface area is 173 Å². The minimum atomic E-state index is -5.32. The Hall–Kier alpha value is -3.61. The van der Waals surface area contributed by atoms with Crippen LogP contribution >= 0.6 is 0 Å². The summed E-state index contributed by atoms with van der Waals surface area (Å²) in [7, 11) is 0. The van der Waals surface area contributed by atoms with Crippen LogP contribution in [0.15, 0.2) is 57.7 Å². The molecule has 0 bridgehead atoms. The van der Waals surface area contributed by atoms with Gasteiger partial charge >= 0.3 is 11.8 Å². The van der Waals surface area contributed by atoms with Crippen molar-refractivity contribution in [1.29, 1.82) is 0 Å². The van der Waals surface area contributed by atoms with Gasteiger partial charge in [-0.2, -0.15) is 13.2 Å². The molecule has 0 unspecified atom stereocenters. The molecule has 0 fully saturated rings. The van der Waals surface area contributed by atoms with E-state index in [0.29, 0.717) is 5.56 Å². The Morgan fingerprint density at radius 1 is 1.00 bits per heavy atom. The zero-order valence-electron chi connectivity index (χ0n) is 16.4. The third kappa shape index (κ3) is 2.55. The second-order valence-electron chi connectivity index (χ2n) is 8.17. The summed E-state index contributed by atoms with van der Waals surface area (Å²) in [5.74, 6) is -3.46. The van der Waals surface area contributed by atoms with Gasteiger partial charge in [0, 0.05) is 5.41 Å². The van der Waals surface area contributed by atoms with Crippen LogP contribution in [0, 0.1) is 0 Å². The van der Waals surface area contributed by atoms with Crippen LogP contribution in [-0.2, 0) is 5.41 Å². The third-order valence-corrected chi connectivity index (χ3v) is 6.05. The van der Waals surface area contributed by atoms with Crippen molar-refractivity contribution in [2.75, 3.05) is 0 Å². The molecule has 0 saturated heterocycles. The van der Waals surface area contributed by atoms with Crippen molar-refractivity contribution in [3.05, 3.63) is 75.6 Å². The van der Waals surface area contributed by atoms with E-state index in [1.807, 2.05) is 50.2 Å². The summed E-state index contributed by atoms with van der Waals surface area (Å²) in [4.78, 5) is 23.9. The Morgan fingerprint density at radius 3 is 2.42 bits per heavy atom. The monoisotopic (exact) mass is 424 g/mol. The number of Topliss-reactive ketones (excluding diaryl/α,β-unsaturated/α-hetero) is 1. The molecule has 1 aromatic heterocycles. The molecule has 4 nitrogen and oxygen atoms in total. The molecule has 0 saturated carbocycles. The lowest BCUT2D eigenvalue weighted by molar-refractivity contribution is -0.0888. The number of ketones is 1. The SMILES string of the molecule is CC1(C)c2cc3oc(=O)c(C(=O)C(F)(F)F)c(O)c3cc2-c2c1ccc1ccccc21. The topological polar surface area (TPSA) is 67.5 Å². The molecule has 0 spiro atoms. The van der Waals surface area contributed by atoms with Crippen LogP contribution in [0.5, 0.6) is 5.75 Å². The molecule has 7 heteroatoms. The average Bonchev–Trinajstić information content (AvgIpc) is 2.93. The largest absolute Gasteiger partial charge is 0.506 e. The highest BCUT2D eigenvalue weighted by molar-refractivity contribution is 6.08. The summed E-state index contributed by atoms with van der Waals surface area (Å²) >= 11 is 0. The van der Waals surface area contributed by atoms with E-state index in [0.717, 1.165) is 27.5 Å². The highest BCUT2D eigenvalue weighted by atomic mass is 19.4. The summed E-state index contributed by atoms with van der Waals surface area (Å²) in [5.41, 5.74) is -0.0641. The first-order valence-corrected chi connectivity index (χ1v) is 9.50. The lowest BCUT2D eigenvalue weighted by Crippen LogP contribution is -2.28. The summed E-state index contributed by atoms with van der Waals surface area (Å²) in [6.07, 6.45) is -5.32. The van der Waals surface area contributed by atoms with Crippen molar-refractivity contribution >= 4 is 27.5 Å². The van der Waals surface area contributed by atoms with E-state index in [4.69, 9.17) is 4.42 Å². The van der Waals surface area contributed by atoms with Gasteiger partial charge in [-0.25, -0.2) is 4.79 Å². The van der Waals surface area contributed by atoms with E-state index >= 15 is 0 Å². The third-order valence-electron chi connectivity index (χ3n) is 6.05. The smallest absolute Gasteiger partial charge is 0.455 e. The van der Waals surface area contributed by atoms with E-state index in [1.165, 1.54) is 6.07 Å². The number of alkyl halides is 3. The summed E-state index contributed by atoms with van der Waals surface area (Å²) in [5, 5.41) is 12.3. The summed E-state index contributed by atoms with van der Waals surface area (Å²) in [6, 6.07) is 14.8. The van der Waals surface area contributed by atoms with Gasteiger partial charge in [-0.15, -0.1) is 0 Å². The number of carbonyl (C=O) groups is 1. The molecule has 0 radical (unpaired) electrons. The summed E-state index contributed by atoms with van der Waals surface area (Å²) < 4.78 is 43.9. The standard InChI is InChI=1S/C24H15F3O4/c1-23(2)15-8-7-11-5-3-4-6-12(11)18(15)13-9-14-17(10-16(13)23)31-22(30)19(20(14)28)21(29)24(25,26)27/h3-10,28H,1-2H3. The zero-order valence-corrected chi connectivity index (χ0v) is 16.4. The molecule has 156 valence electrons. The molecule has 1 heterocycles. The molecule has 0 aliphatic heterocycles. The molecule has 0 amide bonds. The van der Waals surface area contributed by atoms with Crippen LogP contribution < -0.4 is 5.63 Å². The number of carbonyl (C=O) groups excluding carboxylic acids is 1. The Balaban J connectivity index is 1.89. The summed E-state index contributed by atoms with van der Waals surface area (Å²) in [6.45, 7) is 4.00. The van der Waals surface area contributed by atoms with E-state index in [1.54, 1.807) is 6.07 Å². The fourth-order valence-electron chi connectivity index (χ4n) is 4.53. The average molecular weight is 424 g/mol. The molecule has 1 aliphatic rings. The van der Waals surface area contributed by atoms with Gasteiger partial charge in [-0.05, 0) is 45.2 Å². The number of hydrogen-bond donors (Lipinski definition) is 1. The van der Waals surface area contributed by atoms with Crippen LogP contribution in [0.1, 0.15) is 35.3 Å². The van der Waals surface area contributed by atoms with Gasteiger partial charge in [0.05, 0.1) is 5.39 Å². The molecule has 1 aliphatic carbocycles. The molecular formula is C24H15F3O4. The first-order chi connectivity index (χ1) is 14.5. The lowest BCUT2D eigenvalue weighted by Gasteiger charge is -2.21. The quantitative estimate of drug-likeness (QED) is 0.314. The normalized spacial score (nSPS) is 14.6. The maximum atomic E-state index is 12.9. The number of fused-ring (bicyclic) bond motifs is 6. The molecule has 3 aromatic carbocycles. The van der Waals surface area contributed by atoms with Crippen molar-refractivity contribution in [2.24, 2.45) is 0 Å². The van der Waals surface area contributed by atoms with Crippen molar-refractivity contribution in [2.45, 2.75) is 25.4 Å². The van der Waals surface area contributed by atoms with Crippen molar-refractivity contribution < 1.29 is 27.5 Å². The van der Waals surface area contributed by atoms with Gasteiger partial charge in [-0.3, -0.25) is 4.79 Å². The molecule has 5 rings (SSSR count). The number of benzene rings is 3. The predicted molar refractivity (Wildman–Crippen MR) is 110 cm³/mol. The van der Waals surface area contributed by atoms with Crippen LogP contribution in [0.2, 0.25) is 0 Å². The number of aromatic hydroxyl groups is 1. The number of halogens is 3. The highest BCUT2D eigenvalue weighted by Gasteiger charge is 2.44. The maximum Gasteiger partial charge on any atom is 0.455 e. The Morgan fingerprint density at radius 2 is 1.71 bits per heavy atom. The second-order valence-corrected chi connectivity index (χ2v) is 8.17. The minimum Gasteiger partial charge on any atom is -0.506 e. The van der Waals surface area contributed by atoms with E-state index in [-0.39, 0.29) is 11.0 Å². The highest BCUT2D eigenvalue weighted by Crippen LogP contribution is 2.52. The lowest BCUT2D eigenvalue weighted by atomic mass is 9.82. The van der Waals surface area contributed by atoms with Crippen LogP contribution in [0.3, 0.4) is 0 Å². The van der Waals surface area contributed by atoms with Gasteiger partial charge in [-0.1, -0.05) is 50.2 Å². The van der Waals surface area contributed by atoms with Crippen LogP contribution in [0.25, 0.3) is 32.9 Å². The van der Waals surface area contributed by atoms with Crippen molar-refractivity contribution in [1.82, 2.24) is 0 Å². The van der Waals surface area contributed by atoms with Gasteiger partial charge in [0.2, 0.25) is 0 Å². The molecular weight excluding hydrogens is 409 g/mol.